The van der Waals surface area contributed by atoms with Crippen molar-refractivity contribution in [2.24, 2.45) is 0 Å². The summed E-state index contributed by atoms with van der Waals surface area (Å²) < 4.78 is 2.00. The van der Waals surface area contributed by atoms with E-state index in [1.165, 1.54) is 0 Å². The van der Waals surface area contributed by atoms with Crippen LogP contribution < -0.4 is 10.6 Å². The largest absolute Gasteiger partial charge is 0.356 e. The van der Waals surface area contributed by atoms with Crippen LogP contribution in [-0.4, -0.2) is 29.5 Å². The summed E-state index contributed by atoms with van der Waals surface area (Å²) >= 11 is 0. The van der Waals surface area contributed by atoms with Gasteiger partial charge in [-0.2, -0.15) is 0 Å². The summed E-state index contributed by atoms with van der Waals surface area (Å²) in [5, 5.41) is 6.74. The van der Waals surface area contributed by atoms with Gasteiger partial charge < -0.3 is 15.2 Å². The molecule has 1 aliphatic heterocycles. The fourth-order valence-electron chi connectivity index (χ4n) is 2.96. The topological polar surface area (TPSA) is 63.1 Å². The van der Waals surface area contributed by atoms with Crippen LogP contribution in [0, 0.1) is 6.92 Å². The van der Waals surface area contributed by atoms with E-state index in [1.54, 1.807) is 0 Å². The second-order valence-electron chi connectivity index (χ2n) is 5.48. The van der Waals surface area contributed by atoms with Gasteiger partial charge in [0.25, 0.3) is 5.91 Å². The average Bonchev–Trinajstić information content (AvgIpc) is 2.81. The zero-order valence-electron chi connectivity index (χ0n) is 12.3. The first-order valence-electron chi connectivity index (χ1n) is 7.26. The maximum absolute atomic E-state index is 12.1. The Kier molecular flexibility index (Phi) is 3.41. The molecule has 1 aromatic carbocycles. The van der Waals surface area contributed by atoms with Crippen LogP contribution in [0.4, 0.5) is 0 Å². The van der Waals surface area contributed by atoms with Gasteiger partial charge in [-0.15, -0.1) is 0 Å². The fraction of sp³-hybridized carbons (Fsp3) is 0.375. The van der Waals surface area contributed by atoms with Crippen LogP contribution >= 0.6 is 0 Å². The van der Waals surface area contributed by atoms with E-state index in [1.807, 2.05) is 36.6 Å². The number of nitrogens with one attached hydrogen (secondary N) is 2. The monoisotopic (exact) mass is 285 g/mol. The molecular formula is C16H19N3O2. The van der Waals surface area contributed by atoms with Crippen LogP contribution in [0.15, 0.2) is 24.3 Å². The van der Waals surface area contributed by atoms with E-state index in [4.69, 9.17) is 0 Å². The second kappa shape index (κ2) is 5.24. The van der Waals surface area contributed by atoms with Gasteiger partial charge in [0, 0.05) is 30.4 Å². The highest BCUT2D eigenvalue weighted by Gasteiger charge is 2.28. The normalized spacial score (nSPS) is 17.4. The van der Waals surface area contributed by atoms with E-state index in [-0.39, 0.29) is 17.9 Å². The van der Waals surface area contributed by atoms with Gasteiger partial charge in [-0.05, 0) is 32.0 Å². The average molecular weight is 285 g/mol. The molecule has 1 aromatic heterocycles. The SMILES string of the molecule is CCNC(=O)CC1CNC(=O)c2cc3cc(C)ccc3n21. The van der Waals surface area contributed by atoms with Crippen molar-refractivity contribution in [1.29, 1.82) is 0 Å². The molecule has 0 saturated heterocycles. The van der Waals surface area contributed by atoms with Crippen LogP contribution in [0.5, 0.6) is 0 Å². The summed E-state index contributed by atoms with van der Waals surface area (Å²) in [5.41, 5.74) is 2.81. The van der Waals surface area contributed by atoms with Gasteiger partial charge in [0.15, 0.2) is 0 Å². The molecule has 3 rings (SSSR count). The molecule has 2 N–H and O–H groups in total. The molecule has 2 amide bonds. The number of nitrogens with zero attached hydrogens (tertiary/aromatic N) is 1. The molecule has 0 bridgehead atoms. The van der Waals surface area contributed by atoms with E-state index in [2.05, 4.69) is 16.7 Å². The van der Waals surface area contributed by atoms with Crippen molar-refractivity contribution in [2.45, 2.75) is 26.3 Å². The number of benzene rings is 1. The summed E-state index contributed by atoms with van der Waals surface area (Å²) in [5.74, 6) is -0.0606. The Bertz CT molecular complexity index is 718. The predicted octanol–water partition coefficient (Wildman–Crippen LogP) is 1.76. The minimum Gasteiger partial charge on any atom is -0.356 e. The zero-order chi connectivity index (χ0) is 15.0. The predicted molar refractivity (Wildman–Crippen MR) is 81.3 cm³/mol. The van der Waals surface area contributed by atoms with Crippen molar-refractivity contribution in [3.8, 4) is 0 Å². The van der Waals surface area contributed by atoms with E-state index in [0.717, 1.165) is 16.5 Å². The van der Waals surface area contributed by atoms with Gasteiger partial charge in [-0.25, -0.2) is 0 Å². The van der Waals surface area contributed by atoms with Crippen LogP contribution in [0.25, 0.3) is 10.9 Å². The fourth-order valence-corrected chi connectivity index (χ4v) is 2.96. The quantitative estimate of drug-likeness (QED) is 0.902. The highest BCUT2D eigenvalue weighted by Crippen LogP contribution is 2.29. The Morgan fingerprint density at radius 3 is 3.00 bits per heavy atom. The van der Waals surface area contributed by atoms with E-state index in [0.29, 0.717) is 25.2 Å². The van der Waals surface area contributed by atoms with Crippen molar-refractivity contribution in [2.75, 3.05) is 13.1 Å². The molecular weight excluding hydrogens is 266 g/mol. The molecule has 1 unspecified atom stereocenters. The lowest BCUT2D eigenvalue weighted by atomic mass is 10.1. The van der Waals surface area contributed by atoms with Crippen molar-refractivity contribution in [3.05, 3.63) is 35.5 Å². The highest BCUT2D eigenvalue weighted by molar-refractivity contribution is 6.00. The lowest BCUT2D eigenvalue weighted by molar-refractivity contribution is -0.121. The minimum absolute atomic E-state index is 0.0126. The molecule has 0 saturated carbocycles. The Morgan fingerprint density at radius 1 is 1.43 bits per heavy atom. The lowest BCUT2D eigenvalue weighted by Gasteiger charge is -2.27. The number of rotatable bonds is 3. The maximum atomic E-state index is 12.1. The van der Waals surface area contributed by atoms with E-state index < -0.39 is 0 Å². The third-order valence-electron chi connectivity index (χ3n) is 3.89. The summed E-state index contributed by atoms with van der Waals surface area (Å²) in [6.45, 7) is 5.04. The Hall–Kier alpha value is -2.30. The first-order valence-corrected chi connectivity index (χ1v) is 7.26. The van der Waals surface area contributed by atoms with E-state index in [9.17, 15) is 9.59 Å². The molecule has 0 fully saturated rings. The van der Waals surface area contributed by atoms with Gasteiger partial charge in [0.05, 0.1) is 6.04 Å². The van der Waals surface area contributed by atoms with Crippen molar-refractivity contribution in [1.82, 2.24) is 15.2 Å². The molecule has 0 spiro atoms. The molecule has 1 aliphatic rings. The molecule has 1 atom stereocenters. The maximum Gasteiger partial charge on any atom is 0.268 e. The number of amides is 2. The molecule has 5 heteroatoms. The summed E-state index contributed by atoms with van der Waals surface area (Å²) in [7, 11) is 0. The molecule has 0 radical (unpaired) electrons. The lowest BCUT2D eigenvalue weighted by Crippen LogP contribution is -2.40. The smallest absolute Gasteiger partial charge is 0.268 e. The Morgan fingerprint density at radius 2 is 2.24 bits per heavy atom. The van der Waals surface area contributed by atoms with Crippen molar-refractivity contribution in [3.63, 3.8) is 0 Å². The number of fused-ring (bicyclic) bond motifs is 3. The molecule has 2 heterocycles. The molecule has 2 aromatic rings. The number of carbonyl (C=O) groups excluding carboxylic acids is 2. The molecule has 110 valence electrons. The number of hydrogen-bond acceptors (Lipinski definition) is 2. The van der Waals surface area contributed by atoms with Gasteiger partial charge in [-0.3, -0.25) is 9.59 Å². The van der Waals surface area contributed by atoms with Crippen molar-refractivity contribution >= 4 is 22.7 Å². The molecule has 5 nitrogen and oxygen atoms in total. The van der Waals surface area contributed by atoms with Crippen LogP contribution in [0.3, 0.4) is 0 Å². The van der Waals surface area contributed by atoms with Gasteiger partial charge in [0.1, 0.15) is 5.69 Å². The summed E-state index contributed by atoms with van der Waals surface area (Å²) in [6, 6.07) is 7.99. The highest BCUT2D eigenvalue weighted by atomic mass is 16.2. The van der Waals surface area contributed by atoms with Crippen molar-refractivity contribution < 1.29 is 9.59 Å². The minimum atomic E-state index is -0.0731. The number of aromatic nitrogens is 1. The van der Waals surface area contributed by atoms with Crippen LogP contribution in [0.1, 0.15) is 35.4 Å². The second-order valence-corrected chi connectivity index (χ2v) is 5.48. The van der Waals surface area contributed by atoms with Gasteiger partial charge >= 0.3 is 0 Å². The zero-order valence-corrected chi connectivity index (χ0v) is 12.3. The number of hydrogen-bond donors (Lipinski definition) is 2. The first-order chi connectivity index (χ1) is 10.1. The first kappa shape index (κ1) is 13.7. The Labute approximate surface area is 123 Å². The Balaban J connectivity index is 2.05. The summed E-state index contributed by atoms with van der Waals surface area (Å²) in [6.07, 6.45) is 0.374. The summed E-state index contributed by atoms with van der Waals surface area (Å²) in [4.78, 5) is 23.9. The molecule has 0 aliphatic carbocycles. The number of aryl methyl sites for hydroxylation is 1. The third kappa shape index (κ3) is 2.39. The number of carbonyl (C=O) groups is 2. The third-order valence-corrected chi connectivity index (χ3v) is 3.89. The standard InChI is InChI=1S/C16H19N3O2/c1-3-17-15(20)8-12-9-18-16(21)14-7-11-6-10(2)4-5-13(11)19(12)14/h4-7,12H,3,8-9H2,1-2H3,(H,17,20)(H,18,21). The van der Waals surface area contributed by atoms with Crippen LogP contribution in [0.2, 0.25) is 0 Å². The van der Waals surface area contributed by atoms with E-state index >= 15 is 0 Å². The van der Waals surface area contributed by atoms with Crippen LogP contribution in [-0.2, 0) is 4.79 Å². The molecule has 21 heavy (non-hydrogen) atoms. The van der Waals surface area contributed by atoms with Gasteiger partial charge in [0.2, 0.25) is 5.91 Å². The van der Waals surface area contributed by atoms with Gasteiger partial charge in [-0.1, -0.05) is 11.6 Å².